The fourth-order valence-corrected chi connectivity index (χ4v) is 4.13. The van der Waals surface area contributed by atoms with Crippen molar-refractivity contribution in [2.24, 2.45) is 0 Å². The fourth-order valence-electron chi connectivity index (χ4n) is 2.36. The van der Waals surface area contributed by atoms with Gasteiger partial charge in [0.1, 0.15) is 0 Å². The van der Waals surface area contributed by atoms with Gasteiger partial charge in [-0.1, -0.05) is 26.0 Å². The normalized spacial score (nSPS) is 11.6. The zero-order chi connectivity index (χ0) is 16.7. The van der Waals surface area contributed by atoms with Crippen LogP contribution in [0.15, 0.2) is 34.7 Å². The molecule has 0 aliphatic carbocycles. The number of pyridine rings is 1. The second-order valence-electron chi connectivity index (χ2n) is 6.47. The van der Waals surface area contributed by atoms with E-state index >= 15 is 0 Å². The number of rotatable bonds is 9. The average molecular weight is 349 g/mol. The van der Waals surface area contributed by atoms with E-state index in [0.717, 1.165) is 12.2 Å². The molecule has 0 atom stereocenters. The topological polar surface area (TPSA) is 16.1 Å². The Labute approximate surface area is 149 Å². The van der Waals surface area contributed by atoms with Crippen LogP contribution in [0.25, 0.3) is 0 Å². The zero-order valence-corrected chi connectivity index (χ0v) is 16.3. The molecule has 4 heteroatoms. The van der Waals surface area contributed by atoms with E-state index in [9.17, 15) is 0 Å². The average Bonchev–Trinajstić information content (AvgIpc) is 3.00. The second-order valence-corrected chi connectivity index (χ2v) is 8.59. The number of unbranched alkanes of at least 4 members (excludes halogenated alkanes) is 1. The Morgan fingerprint density at radius 1 is 1.17 bits per heavy atom. The van der Waals surface area contributed by atoms with Gasteiger partial charge in [0, 0.05) is 17.0 Å². The first-order valence-corrected chi connectivity index (χ1v) is 10.2. The summed E-state index contributed by atoms with van der Waals surface area (Å²) < 4.78 is 0. The van der Waals surface area contributed by atoms with Gasteiger partial charge in [-0.3, -0.25) is 0 Å². The number of hydrogen-bond acceptors (Lipinski definition) is 4. The monoisotopic (exact) mass is 348 g/mol. The van der Waals surface area contributed by atoms with Crippen LogP contribution >= 0.6 is 23.1 Å². The maximum Gasteiger partial charge on any atom is 0.0998 e. The lowest BCUT2D eigenvalue weighted by Crippen LogP contribution is -2.12. The minimum atomic E-state index is 0.485. The van der Waals surface area contributed by atoms with Crippen molar-refractivity contribution in [2.45, 2.75) is 44.1 Å². The molecule has 0 amide bonds. The lowest BCUT2D eigenvalue weighted by molar-refractivity contribution is 0.399. The molecule has 0 aliphatic rings. The van der Waals surface area contributed by atoms with Crippen LogP contribution in [0.3, 0.4) is 0 Å². The van der Waals surface area contributed by atoms with Gasteiger partial charge in [-0.15, -0.1) is 23.1 Å². The van der Waals surface area contributed by atoms with Gasteiger partial charge < -0.3 is 4.90 Å². The van der Waals surface area contributed by atoms with E-state index in [4.69, 9.17) is 4.98 Å². The summed E-state index contributed by atoms with van der Waals surface area (Å²) >= 11 is 3.76. The zero-order valence-electron chi connectivity index (χ0n) is 14.7. The molecule has 2 aromatic heterocycles. The minimum Gasteiger partial charge on any atom is -0.309 e. The maximum atomic E-state index is 4.94. The Balaban J connectivity index is 2.02. The van der Waals surface area contributed by atoms with Crippen molar-refractivity contribution in [1.82, 2.24) is 9.88 Å². The molecule has 0 spiro atoms. The molecule has 0 saturated carbocycles. The second kappa shape index (κ2) is 9.45. The van der Waals surface area contributed by atoms with Crippen molar-refractivity contribution in [2.75, 3.05) is 26.4 Å². The van der Waals surface area contributed by atoms with Gasteiger partial charge in [-0.25, -0.2) is 4.98 Å². The molecule has 2 aromatic rings. The van der Waals surface area contributed by atoms with E-state index in [1.165, 1.54) is 40.5 Å². The van der Waals surface area contributed by atoms with Gasteiger partial charge in [-0.05, 0) is 68.2 Å². The molecular formula is C19H28N2S2. The van der Waals surface area contributed by atoms with Gasteiger partial charge in [0.25, 0.3) is 0 Å². The highest BCUT2D eigenvalue weighted by atomic mass is 32.2. The van der Waals surface area contributed by atoms with Crippen LogP contribution in [-0.2, 0) is 6.42 Å². The van der Waals surface area contributed by atoms with Crippen LogP contribution in [-0.4, -0.2) is 36.3 Å². The molecule has 0 aromatic carbocycles. The molecule has 2 rings (SSSR count). The highest BCUT2D eigenvalue weighted by Crippen LogP contribution is 2.27. The van der Waals surface area contributed by atoms with E-state index in [1.54, 1.807) is 0 Å². The Hall–Kier alpha value is -0.840. The van der Waals surface area contributed by atoms with E-state index in [0.29, 0.717) is 5.92 Å². The van der Waals surface area contributed by atoms with E-state index < -0.39 is 0 Å². The molecule has 0 radical (unpaired) electrons. The Morgan fingerprint density at radius 2 is 2.00 bits per heavy atom. The molecule has 0 saturated heterocycles. The third-order valence-electron chi connectivity index (χ3n) is 3.74. The smallest absolute Gasteiger partial charge is 0.0998 e. The Bertz CT molecular complexity index is 577. The summed E-state index contributed by atoms with van der Waals surface area (Å²) in [5.41, 5.74) is 2.57. The maximum absolute atomic E-state index is 4.94. The minimum absolute atomic E-state index is 0.485. The third kappa shape index (κ3) is 6.28. The number of thioether (sulfide) groups is 1. The predicted octanol–water partition coefficient (Wildman–Crippen LogP) is 5.29. The number of nitrogens with zero attached hydrogens (tertiary/aromatic N) is 2. The molecule has 126 valence electrons. The van der Waals surface area contributed by atoms with Crippen LogP contribution in [0, 0.1) is 0 Å². The molecule has 2 heterocycles. The number of aromatic nitrogens is 1. The van der Waals surface area contributed by atoms with Crippen LogP contribution < -0.4 is 0 Å². The standard InChI is InChI=1S/C19H28N2S2/c1-15(2)18-10-9-16(14-17-8-7-13-22-17)19(20-18)23-12-6-5-11-21(3)4/h7-10,13,15H,5-6,11-12,14H2,1-4H3. The summed E-state index contributed by atoms with van der Waals surface area (Å²) in [7, 11) is 4.28. The van der Waals surface area contributed by atoms with Crippen molar-refractivity contribution in [3.05, 3.63) is 45.8 Å². The quantitative estimate of drug-likeness (QED) is 0.452. The highest BCUT2D eigenvalue weighted by molar-refractivity contribution is 7.99. The lowest BCUT2D eigenvalue weighted by Gasteiger charge is -2.13. The summed E-state index contributed by atoms with van der Waals surface area (Å²) in [5, 5.41) is 3.38. The molecule has 0 fully saturated rings. The molecule has 0 N–H and O–H groups in total. The van der Waals surface area contributed by atoms with Crippen molar-refractivity contribution >= 4 is 23.1 Å². The fraction of sp³-hybridized carbons (Fsp3) is 0.526. The summed E-state index contributed by atoms with van der Waals surface area (Å²) in [6.07, 6.45) is 3.50. The van der Waals surface area contributed by atoms with Crippen LogP contribution in [0.5, 0.6) is 0 Å². The summed E-state index contributed by atoms with van der Waals surface area (Å²) in [6, 6.07) is 8.82. The predicted molar refractivity (Wildman–Crippen MR) is 104 cm³/mol. The van der Waals surface area contributed by atoms with Crippen molar-refractivity contribution in [3.63, 3.8) is 0 Å². The summed E-state index contributed by atoms with van der Waals surface area (Å²) in [4.78, 5) is 8.61. The van der Waals surface area contributed by atoms with Crippen molar-refractivity contribution < 1.29 is 0 Å². The van der Waals surface area contributed by atoms with Crippen LogP contribution in [0.4, 0.5) is 0 Å². The van der Waals surface area contributed by atoms with Crippen LogP contribution in [0.1, 0.15) is 48.7 Å². The molecular weight excluding hydrogens is 320 g/mol. The highest BCUT2D eigenvalue weighted by Gasteiger charge is 2.10. The van der Waals surface area contributed by atoms with Crippen molar-refractivity contribution in [3.8, 4) is 0 Å². The lowest BCUT2D eigenvalue weighted by atomic mass is 10.1. The largest absolute Gasteiger partial charge is 0.309 e. The molecule has 0 aliphatic heterocycles. The number of thiophene rings is 1. The van der Waals surface area contributed by atoms with E-state index in [1.807, 2.05) is 23.1 Å². The SMILES string of the molecule is CC(C)c1ccc(Cc2cccs2)c(SCCCCN(C)C)n1. The van der Waals surface area contributed by atoms with Crippen molar-refractivity contribution in [1.29, 1.82) is 0 Å². The van der Waals surface area contributed by atoms with Gasteiger partial charge in [-0.2, -0.15) is 0 Å². The first-order chi connectivity index (χ1) is 11.1. The van der Waals surface area contributed by atoms with Gasteiger partial charge in [0.15, 0.2) is 0 Å². The molecule has 23 heavy (non-hydrogen) atoms. The molecule has 0 unspecified atom stereocenters. The first-order valence-electron chi connectivity index (χ1n) is 8.36. The van der Waals surface area contributed by atoms with Gasteiger partial charge in [0.2, 0.25) is 0 Å². The van der Waals surface area contributed by atoms with Crippen LogP contribution in [0.2, 0.25) is 0 Å². The van der Waals surface area contributed by atoms with E-state index in [-0.39, 0.29) is 0 Å². The van der Waals surface area contributed by atoms with E-state index in [2.05, 4.69) is 62.5 Å². The third-order valence-corrected chi connectivity index (χ3v) is 5.73. The summed E-state index contributed by atoms with van der Waals surface area (Å²) in [5.74, 6) is 1.64. The molecule has 2 nitrogen and oxygen atoms in total. The Morgan fingerprint density at radius 3 is 2.65 bits per heavy atom. The summed E-state index contributed by atoms with van der Waals surface area (Å²) in [6.45, 7) is 5.60. The molecule has 0 bridgehead atoms. The van der Waals surface area contributed by atoms with Gasteiger partial charge >= 0.3 is 0 Å². The van der Waals surface area contributed by atoms with Gasteiger partial charge in [0.05, 0.1) is 5.03 Å². The number of hydrogen-bond donors (Lipinski definition) is 0. The first kappa shape index (κ1) is 18.5. The Kier molecular flexibility index (Phi) is 7.60.